The van der Waals surface area contributed by atoms with Gasteiger partial charge in [0.25, 0.3) is 0 Å². The minimum absolute atomic E-state index is 0.0418. The van der Waals surface area contributed by atoms with Crippen LogP contribution >= 0.6 is 0 Å². The van der Waals surface area contributed by atoms with Crippen LogP contribution < -0.4 is 11.0 Å². The van der Waals surface area contributed by atoms with Crippen molar-refractivity contribution in [3.8, 4) is 0 Å². The Kier molecular flexibility index (Phi) is 4.93. The molecule has 2 aliphatic rings. The van der Waals surface area contributed by atoms with Crippen LogP contribution in [0.3, 0.4) is 0 Å². The normalized spacial score (nSPS) is 21.6. The third-order valence-electron chi connectivity index (χ3n) is 6.82. The second-order valence-electron chi connectivity index (χ2n) is 8.92. The minimum atomic E-state index is 0.0418. The zero-order valence-corrected chi connectivity index (χ0v) is 17.4. The summed E-state index contributed by atoms with van der Waals surface area (Å²) in [5, 5.41) is 3.00. The highest BCUT2D eigenvalue weighted by molar-refractivity contribution is 5.92. The van der Waals surface area contributed by atoms with Crippen LogP contribution in [0.15, 0.2) is 47.5 Å². The van der Waals surface area contributed by atoms with E-state index in [9.17, 15) is 9.59 Å². The van der Waals surface area contributed by atoms with E-state index in [2.05, 4.69) is 28.5 Å². The molecule has 2 saturated carbocycles. The lowest BCUT2D eigenvalue weighted by molar-refractivity contribution is -0.121. The zero-order valence-electron chi connectivity index (χ0n) is 17.4. The highest BCUT2D eigenvalue weighted by Crippen LogP contribution is 2.41. The predicted octanol–water partition coefficient (Wildman–Crippen LogP) is 4.06. The molecule has 2 aliphatic carbocycles. The highest BCUT2D eigenvalue weighted by atomic mass is 16.2. The molecular weight excluding hydrogens is 376 g/mol. The molecule has 0 aliphatic heterocycles. The lowest BCUT2D eigenvalue weighted by Gasteiger charge is -2.28. The van der Waals surface area contributed by atoms with Crippen molar-refractivity contribution in [2.75, 3.05) is 5.32 Å². The number of aromatic nitrogens is 3. The van der Waals surface area contributed by atoms with E-state index in [0.29, 0.717) is 11.8 Å². The molecule has 0 saturated heterocycles. The summed E-state index contributed by atoms with van der Waals surface area (Å²) >= 11 is 0. The fraction of sp³-hybridized carbons (Fsp3) is 0.458. The fourth-order valence-corrected chi connectivity index (χ4v) is 4.82. The molecule has 6 heteroatoms. The largest absolute Gasteiger partial charge is 0.328 e. The van der Waals surface area contributed by atoms with Gasteiger partial charge in [0.15, 0.2) is 0 Å². The van der Waals surface area contributed by atoms with Crippen molar-refractivity contribution in [2.24, 2.45) is 18.9 Å². The third-order valence-corrected chi connectivity index (χ3v) is 6.82. The molecule has 6 nitrogen and oxygen atoms in total. The molecule has 2 heterocycles. The first-order chi connectivity index (χ1) is 14.6. The number of anilines is 1. The molecule has 0 unspecified atom stereocenters. The number of carbonyl (C=O) groups is 1. The van der Waals surface area contributed by atoms with Gasteiger partial charge in [0.05, 0.1) is 11.0 Å². The predicted molar refractivity (Wildman–Crippen MR) is 117 cm³/mol. The Morgan fingerprint density at radius 3 is 2.47 bits per heavy atom. The van der Waals surface area contributed by atoms with Crippen LogP contribution in [0.1, 0.15) is 50.0 Å². The molecule has 0 atom stereocenters. The van der Waals surface area contributed by atoms with Crippen LogP contribution in [-0.4, -0.2) is 20.0 Å². The summed E-state index contributed by atoms with van der Waals surface area (Å²) in [6, 6.07) is 10.1. The topological polar surface area (TPSA) is 68.9 Å². The summed E-state index contributed by atoms with van der Waals surface area (Å²) in [6.07, 6.45) is 9.57. The summed E-state index contributed by atoms with van der Waals surface area (Å²) in [6.45, 7) is 0.739. The number of imidazole rings is 1. The molecule has 30 heavy (non-hydrogen) atoms. The molecule has 1 N–H and O–H groups in total. The van der Waals surface area contributed by atoms with Crippen molar-refractivity contribution < 1.29 is 4.79 Å². The van der Waals surface area contributed by atoms with Crippen molar-refractivity contribution in [1.82, 2.24) is 14.1 Å². The Morgan fingerprint density at radius 2 is 1.77 bits per heavy atom. The number of carbonyl (C=O) groups excluding carboxylic acids is 1. The SMILES string of the molecule is Cn1c(=O)n(CC2CCC(C(=O)Nc3ccncc3)CC2)c2cc(C3CC3)ccc21. The lowest BCUT2D eigenvalue weighted by atomic mass is 9.81. The van der Waals surface area contributed by atoms with E-state index in [0.717, 1.165) is 48.9 Å². The standard InChI is InChI=1S/C24H28N4O2/c1-27-21-9-8-19(17-6-7-17)14-22(21)28(24(27)30)15-16-2-4-18(5-3-16)23(29)26-20-10-12-25-13-11-20/h8-14,16-18H,2-7,15H2,1H3,(H,25,26,29). The van der Waals surface area contributed by atoms with Crippen LogP contribution in [0.2, 0.25) is 0 Å². The number of hydrogen-bond donors (Lipinski definition) is 1. The van der Waals surface area contributed by atoms with E-state index in [4.69, 9.17) is 0 Å². The highest BCUT2D eigenvalue weighted by Gasteiger charge is 2.28. The van der Waals surface area contributed by atoms with Crippen LogP contribution in [0.4, 0.5) is 5.69 Å². The number of rotatable bonds is 5. The van der Waals surface area contributed by atoms with Gasteiger partial charge >= 0.3 is 5.69 Å². The summed E-state index contributed by atoms with van der Waals surface area (Å²) in [7, 11) is 1.86. The van der Waals surface area contributed by atoms with Gasteiger partial charge in [0, 0.05) is 37.6 Å². The monoisotopic (exact) mass is 404 g/mol. The summed E-state index contributed by atoms with van der Waals surface area (Å²) in [5.41, 5.74) is 4.29. The number of hydrogen-bond acceptors (Lipinski definition) is 3. The van der Waals surface area contributed by atoms with Gasteiger partial charge in [0.1, 0.15) is 0 Å². The first-order valence-electron chi connectivity index (χ1n) is 11.0. The van der Waals surface area contributed by atoms with Crippen molar-refractivity contribution in [3.63, 3.8) is 0 Å². The van der Waals surface area contributed by atoms with Crippen LogP contribution in [0, 0.1) is 11.8 Å². The Bertz CT molecular complexity index is 1120. The van der Waals surface area contributed by atoms with Gasteiger partial charge in [-0.05, 0) is 80.2 Å². The van der Waals surface area contributed by atoms with Gasteiger partial charge in [-0.15, -0.1) is 0 Å². The minimum Gasteiger partial charge on any atom is -0.326 e. The van der Waals surface area contributed by atoms with Gasteiger partial charge in [-0.3, -0.25) is 18.9 Å². The van der Waals surface area contributed by atoms with E-state index in [-0.39, 0.29) is 17.5 Å². The summed E-state index contributed by atoms with van der Waals surface area (Å²) < 4.78 is 3.73. The molecule has 5 rings (SSSR count). The van der Waals surface area contributed by atoms with Gasteiger partial charge in [-0.2, -0.15) is 0 Å². The second-order valence-corrected chi connectivity index (χ2v) is 8.92. The number of nitrogens with zero attached hydrogens (tertiary/aromatic N) is 3. The van der Waals surface area contributed by atoms with Crippen molar-refractivity contribution in [1.29, 1.82) is 0 Å². The molecule has 0 spiro atoms. The van der Waals surface area contributed by atoms with Gasteiger partial charge in [0.2, 0.25) is 5.91 Å². The van der Waals surface area contributed by atoms with E-state index in [1.165, 1.54) is 18.4 Å². The van der Waals surface area contributed by atoms with Crippen LogP contribution in [-0.2, 0) is 18.4 Å². The first-order valence-corrected chi connectivity index (χ1v) is 11.0. The molecule has 2 aromatic heterocycles. The number of aryl methyl sites for hydroxylation is 1. The zero-order chi connectivity index (χ0) is 20.7. The maximum Gasteiger partial charge on any atom is 0.328 e. The average Bonchev–Trinajstić information content (AvgIpc) is 3.60. The first kappa shape index (κ1) is 19.1. The summed E-state index contributed by atoms with van der Waals surface area (Å²) in [5.74, 6) is 1.24. The maximum absolute atomic E-state index is 12.9. The van der Waals surface area contributed by atoms with Crippen molar-refractivity contribution >= 4 is 22.6 Å². The number of benzene rings is 1. The van der Waals surface area contributed by atoms with E-state index in [1.807, 2.05) is 23.7 Å². The number of fused-ring (bicyclic) bond motifs is 1. The number of amides is 1. The maximum atomic E-state index is 12.9. The number of pyridine rings is 1. The fourth-order valence-electron chi connectivity index (χ4n) is 4.82. The van der Waals surface area contributed by atoms with E-state index < -0.39 is 0 Å². The van der Waals surface area contributed by atoms with Crippen molar-refractivity contribution in [2.45, 2.75) is 51.0 Å². The average molecular weight is 405 g/mol. The Morgan fingerprint density at radius 1 is 1.03 bits per heavy atom. The van der Waals surface area contributed by atoms with Crippen LogP contribution in [0.25, 0.3) is 11.0 Å². The Labute approximate surface area is 175 Å². The Balaban J connectivity index is 1.27. The second kappa shape index (κ2) is 7.74. The molecule has 0 radical (unpaired) electrons. The van der Waals surface area contributed by atoms with E-state index in [1.54, 1.807) is 17.0 Å². The van der Waals surface area contributed by atoms with Crippen LogP contribution in [0.5, 0.6) is 0 Å². The molecule has 1 aromatic carbocycles. The number of nitrogens with one attached hydrogen (secondary N) is 1. The van der Waals surface area contributed by atoms with E-state index >= 15 is 0 Å². The molecule has 156 valence electrons. The lowest BCUT2D eigenvalue weighted by Crippen LogP contribution is -2.30. The van der Waals surface area contributed by atoms with Crippen molar-refractivity contribution in [3.05, 3.63) is 58.8 Å². The molecule has 1 amide bonds. The van der Waals surface area contributed by atoms with Gasteiger partial charge in [-0.1, -0.05) is 6.07 Å². The van der Waals surface area contributed by atoms with Gasteiger partial charge in [-0.25, -0.2) is 4.79 Å². The Hall–Kier alpha value is -2.89. The smallest absolute Gasteiger partial charge is 0.326 e. The molecular formula is C24H28N4O2. The summed E-state index contributed by atoms with van der Waals surface area (Å²) in [4.78, 5) is 29.5. The quantitative estimate of drug-likeness (QED) is 0.697. The third kappa shape index (κ3) is 3.66. The molecule has 0 bridgehead atoms. The molecule has 2 fully saturated rings. The molecule has 3 aromatic rings. The van der Waals surface area contributed by atoms with Gasteiger partial charge < -0.3 is 5.32 Å².